The monoisotopic (exact) mass is 387 g/mol. The second-order valence-electron chi connectivity index (χ2n) is 7.06. The van der Waals surface area contributed by atoms with Crippen molar-refractivity contribution < 1.29 is 9.59 Å². The van der Waals surface area contributed by atoms with Crippen LogP contribution in [-0.2, 0) is 17.8 Å². The molecule has 2 N–H and O–H groups in total. The first-order valence-electron chi connectivity index (χ1n) is 9.65. The lowest BCUT2D eigenvalue weighted by Gasteiger charge is -2.09. The van der Waals surface area contributed by atoms with Crippen molar-refractivity contribution >= 4 is 17.5 Å². The third-order valence-corrected chi connectivity index (χ3v) is 4.68. The zero-order chi connectivity index (χ0) is 20.6. The second kappa shape index (κ2) is 9.64. The molecule has 5 heteroatoms. The summed E-state index contributed by atoms with van der Waals surface area (Å²) in [5.74, 6) is -0.280. The molecule has 3 rings (SSSR count). The molecule has 1 aromatic heterocycles. The van der Waals surface area contributed by atoms with E-state index in [9.17, 15) is 9.59 Å². The molecule has 0 atom stereocenters. The predicted octanol–water partition coefficient (Wildman–Crippen LogP) is 4.20. The Kier molecular flexibility index (Phi) is 6.74. The highest BCUT2D eigenvalue weighted by molar-refractivity contribution is 5.97. The van der Waals surface area contributed by atoms with Crippen LogP contribution in [0.5, 0.6) is 0 Å². The number of carbonyl (C=O) groups is 2. The van der Waals surface area contributed by atoms with Crippen molar-refractivity contribution in [2.75, 3.05) is 5.32 Å². The van der Waals surface area contributed by atoms with Gasteiger partial charge in [-0.25, -0.2) is 0 Å². The summed E-state index contributed by atoms with van der Waals surface area (Å²) in [6.07, 6.45) is 2.76. The predicted molar refractivity (Wildman–Crippen MR) is 115 cm³/mol. The van der Waals surface area contributed by atoms with Gasteiger partial charge >= 0.3 is 0 Å². The Morgan fingerprint density at radius 3 is 2.59 bits per heavy atom. The van der Waals surface area contributed by atoms with E-state index in [0.717, 1.165) is 5.69 Å². The largest absolute Gasteiger partial charge is 0.346 e. The number of anilines is 1. The van der Waals surface area contributed by atoms with E-state index in [2.05, 4.69) is 47.7 Å². The number of benzene rings is 2. The molecule has 5 nitrogen and oxygen atoms in total. The third kappa shape index (κ3) is 6.01. The minimum Gasteiger partial charge on any atom is -0.346 e. The number of nitrogens with zero attached hydrogens (tertiary/aromatic N) is 1. The van der Waals surface area contributed by atoms with Gasteiger partial charge in [0, 0.05) is 23.9 Å². The summed E-state index contributed by atoms with van der Waals surface area (Å²) in [7, 11) is 0. The van der Waals surface area contributed by atoms with Crippen molar-refractivity contribution in [1.29, 1.82) is 0 Å². The van der Waals surface area contributed by atoms with E-state index >= 15 is 0 Å². The zero-order valence-corrected chi connectivity index (χ0v) is 16.7. The fourth-order valence-corrected chi connectivity index (χ4v) is 3.11. The van der Waals surface area contributed by atoms with Gasteiger partial charge in [-0.05, 0) is 61.7 Å². The Morgan fingerprint density at radius 1 is 0.966 bits per heavy atom. The average molecular weight is 387 g/mol. The number of aromatic nitrogens is 1. The maximum absolute atomic E-state index is 12.4. The Balaban J connectivity index is 1.54. The fraction of sp³-hybridized carbons (Fsp3) is 0.208. The standard InChI is InChI=1S/C24H25N3O2/c1-17-9-10-19(18(2)14-17)11-12-23(28)27-21-8-5-6-20(15-21)24(29)26-16-22-7-3-4-13-25-22/h3-10,13-15H,11-12,16H2,1-2H3,(H,26,29)(H,27,28). The van der Waals surface area contributed by atoms with Crippen molar-refractivity contribution in [2.24, 2.45) is 0 Å². The molecular weight excluding hydrogens is 362 g/mol. The van der Waals surface area contributed by atoms with Crippen LogP contribution in [0.2, 0.25) is 0 Å². The molecule has 0 radical (unpaired) electrons. The van der Waals surface area contributed by atoms with Crippen LogP contribution >= 0.6 is 0 Å². The summed E-state index contributed by atoms with van der Waals surface area (Å²) in [5, 5.41) is 5.72. The molecule has 0 unspecified atom stereocenters. The summed E-state index contributed by atoms with van der Waals surface area (Å²) in [4.78, 5) is 28.9. The van der Waals surface area contributed by atoms with Crippen molar-refractivity contribution in [3.63, 3.8) is 0 Å². The maximum Gasteiger partial charge on any atom is 0.251 e. The quantitative estimate of drug-likeness (QED) is 0.638. The number of hydrogen-bond donors (Lipinski definition) is 2. The van der Waals surface area contributed by atoms with E-state index in [4.69, 9.17) is 0 Å². The van der Waals surface area contributed by atoms with Gasteiger partial charge in [0.25, 0.3) is 5.91 Å². The summed E-state index contributed by atoms with van der Waals surface area (Å²) in [5.41, 5.74) is 5.48. The Hall–Kier alpha value is -3.47. The molecule has 0 bridgehead atoms. The highest BCUT2D eigenvalue weighted by atomic mass is 16.2. The zero-order valence-electron chi connectivity index (χ0n) is 16.7. The minimum absolute atomic E-state index is 0.0731. The van der Waals surface area contributed by atoms with E-state index in [1.165, 1.54) is 16.7 Å². The van der Waals surface area contributed by atoms with Crippen LogP contribution in [0, 0.1) is 13.8 Å². The van der Waals surface area contributed by atoms with Gasteiger partial charge in [-0.1, -0.05) is 35.9 Å². The maximum atomic E-state index is 12.4. The van der Waals surface area contributed by atoms with Crippen LogP contribution in [0.25, 0.3) is 0 Å². The van der Waals surface area contributed by atoms with Crippen LogP contribution in [0.3, 0.4) is 0 Å². The van der Waals surface area contributed by atoms with Gasteiger partial charge in [-0.3, -0.25) is 14.6 Å². The topological polar surface area (TPSA) is 71.1 Å². The Bertz CT molecular complexity index is 1000. The number of rotatable bonds is 7. The van der Waals surface area contributed by atoms with E-state index in [1.54, 1.807) is 30.5 Å². The van der Waals surface area contributed by atoms with E-state index in [-0.39, 0.29) is 11.8 Å². The number of aryl methyl sites for hydroxylation is 3. The SMILES string of the molecule is Cc1ccc(CCC(=O)Nc2cccc(C(=O)NCc3ccccn3)c2)c(C)c1. The number of hydrogen-bond acceptors (Lipinski definition) is 3. The lowest BCUT2D eigenvalue weighted by Crippen LogP contribution is -2.23. The molecule has 148 valence electrons. The lowest BCUT2D eigenvalue weighted by molar-refractivity contribution is -0.116. The van der Waals surface area contributed by atoms with Crippen molar-refractivity contribution in [2.45, 2.75) is 33.2 Å². The molecule has 0 spiro atoms. The first kappa shape index (κ1) is 20.3. The van der Waals surface area contributed by atoms with E-state index in [0.29, 0.717) is 30.6 Å². The Labute approximate surface area is 171 Å². The lowest BCUT2D eigenvalue weighted by atomic mass is 10.0. The number of carbonyl (C=O) groups excluding carboxylic acids is 2. The first-order valence-corrected chi connectivity index (χ1v) is 9.65. The van der Waals surface area contributed by atoms with Crippen molar-refractivity contribution in [3.05, 3.63) is 94.8 Å². The van der Waals surface area contributed by atoms with E-state index in [1.807, 2.05) is 18.2 Å². The number of nitrogens with one attached hydrogen (secondary N) is 2. The summed E-state index contributed by atoms with van der Waals surface area (Å²) in [6, 6.07) is 18.8. The van der Waals surface area contributed by atoms with Gasteiger partial charge in [-0.2, -0.15) is 0 Å². The smallest absolute Gasteiger partial charge is 0.251 e. The molecule has 0 saturated carbocycles. The average Bonchev–Trinajstić information content (AvgIpc) is 2.72. The normalized spacial score (nSPS) is 10.4. The van der Waals surface area contributed by atoms with Crippen molar-refractivity contribution in [3.8, 4) is 0 Å². The summed E-state index contributed by atoms with van der Waals surface area (Å²) in [6.45, 7) is 4.47. The number of amides is 2. The molecular formula is C24H25N3O2. The highest BCUT2D eigenvalue weighted by Crippen LogP contribution is 2.15. The molecule has 1 heterocycles. The Morgan fingerprint density at radius 2 is 1.83 bits per heavy atom. The molecule has 2 amide bonds. The molecule has 0 fully saturated rings. The van der Waals surface area contributed by atoms with Crippen molar-refractivity contribution in [1.82, 2.24) is 10.3 Å². The van der Waals surface area contributed by atoms with Gasteiger partial charge < -0.3 is 10.6 Å². The van der Waals surface area contributed by atoms with Gasteiger partial charge in [0.05, 0.1) is 12.2 Å². The molecule has 0 saturated heterocycles. The van der Waals surface area contributed by atoms with Gasteiger partial charge in [-0.15, -0.1) is 0 Å². The van der Waals surface area contributed by atoms with Gasteiger partial charge in [0.2, 0.25) is 5.91 Å². The number of pyridine rings is 1. The molecule has 0 aliphatic rings. The molecule has 0 aliphatic heterocycles. The van der Waals surface area contributed by atoms with Crippen LogP contribution in [-0.4, -0.2) is 16.8 Å². The summed E-state index contributed by atoms with van der Waals surface area (Å²) >= 11 is 0. The van der Waals surface area contributed by atoms with Gasteiger partial charge in [0.1, 0.15) is 0 Å². The van der Waals surface area contributed by atoms with Crippen LogP contribution in [0.4, 0.5) is 5.69 Å². The van der Waals surface area contributed by atoms with E-state index < -0.39 is 0 Å². The highest BCUT2D eigenvalue weighted by Gasteiger charge is 2.09. The fourth-order valence-electron chi connectivity index (χ4n) is 3.11. The second-order valence-corrected chi connectivity index (χ2v) is 7.06. The third-order valence-electron chi connectivity index (χ3n) is 4.68. The molecule has 0 aliphatic carbocycles. The van der Waals surface area contributed by atoms with Crippen LogP contribution < -0.4 is 10.6 Å². The van der Waals surface area contributed by atoms with Crippen LogP contribution in [0.1, 0.15) is 39.2 Å². The first-order chi connectivity index (χ1) is 14.0. The minimum atomic E-state index is -0.206. The van der Waals surface area contributed by atoms with Crippen LogP contribution in [0.15, 0.2) is 66.9 Å². The molecule has 3 aromatic rings. The molecule has 29 heavy (non-hydrogen) atoms. The summed E-state index contributed by atoms with van der Waals surface area (Å²) < 4.78 is 0. The molecule has 2 aromatic carbocycles. The van der Waals surface area contributed by atoms with Gasteiger partial charge in [0.15, 0.2) is 0 Å².